The van der Waals surface area contributed by atoms with Gasteiger partial charge < -0.3 is 19.6 Å². The van der Waals surface area contributed by atoms with Gasteiger partial charge in [0.25, 0.3) is 5.56 Å². The topological polar surface area (TPSA) is 61.3 Å². The second kappa shape index (κ2) is 9.40. The highest BCUT2D eigenvalue weighted by molar-refractivity contribution is 7.80. The van der Waals surface area contributed by atoms with Crippen LogP contribution in [0.4, 0.5) is 0 Å². The van der Waals surface area contributed by atoms with Crippen LogP contribution in [-0.2, 0) is 13.1 Å². The third-order valence-electron chi connectivity index (χ3n) is 5.60. The molecular weight excluding hydrogens is 418 g/mol. The molecule has 0 radical (unpaired) electrons. The van der Waals surface area contributed by atoms with Gasteiger partial charge in [-0.05, 0) is 73.9 Å². The van der Waals surface area contributed by atoms with Crippen LogP contribution in [0.3, 0.4) is 0 Å². The standard InChI is InChI=1S/C26H27N3O2S/c1-17-12-18(2)23-14-21(25(30)28-24(23)13-17)15-29(16-22-10-7-11-31-22)26(32)27-19(3)20-8-5-4-6-9-20/h4-14,19H,15-16H2,1-3H3,(H,27,32)(H,28,30)/t19-/m0/s1. The molecule has 4 aromatic rings. The molecule has 5 nitrogen and oxygen atoms in total. The molecule has 0 unspecified atom stereocenters. The molecule has 0 amide bonds. The normalized spacial score (nSPS) is 12.0. The number of benzene rings is 2. The molecule has 6 heteroatoms. The Morgan fingerprint density at radius 1 is 1.09 bits per heavy atom. The molecular formula is C26H27N3O2S. The van der Waals surface area contributed by atoms with Crippen molar-refractivity contribution in [1.82, 2.24) is 15.2 Å². The van der Waals surface area contributed by atoms with E-state index in [-0.39, 0.29) is 11.6 Å². The molecule has 2 heterocycles. The first kappa shape index (κ1) is 21.8. The minimum absolute atomic E-state index is 0.0305. The lowest BCUT2D eigenvalue weighted by molar-refractivity contribution is 0.347. The maximum atomic E-state index is 12.9. The van der Waals surface area contributed by atoms with E-state index < -0.39 is 0 Å². The van der Waals surface area contributed by atoms with Gasteiger partial charge in [-0.15, -0.1) is 0 Å². The summed E-state index contributed by atoms with van der Waals surface area (Å²) in [5.41, 5.74) is 4.81. The number of aromatic nitrogens is 1. The molecule has 0 fully saturated rings. The van der Waals surface area contributed by atoms with Crippen molar-refractivity contribution in [3.05, 3.63) is 105 Å². The lowest BCUT2D eigenvalue weighted by Crippen LogP contribution is -2.41. The first-order valence-electron chi connectivity index (χ1n) is 10.7. The van der Waals surface area contributed by atoms with E-state index in [2.05, 4.69) is 42.3 Å². The highest BCUT2D eigenvalue weighted by Gasteiger charge is 2.18. The van der Waals surface area contributed by atoms with Gasteiger partial charge in [-0.1, -0.05) is 36.4 Å². The lowest BCUT2D eigenvalue weighted by atomic mass is 10.0. The molecule has 2 aromatic carbocycles. The monoisotopic (exact) mass is 445 g/mol. The number of fused-ring (bicyclic) bond motifs is 1. The molecule has 0 saturated carbocycles. The fourth-order valence-corrected chi connectivity index (χ4v) is 4.24. The molecule has 2 aromatic heterocycles. The third kappa shape index (κ3) is 4.92. The summed E-state index contributed by atoms with van der Waals surface area (Å²) in [6, 6.07) is 20.0. The van der Waals surface area contributed by atoms with Crippen LogP contribution >= 0.6 is 12.2 Å². The Labute approximate surface area is 193 Å². The average molecular weight is 446 g/mol. The van der Waals surface area contributed by atoms with E-state index in [1.54, 1.807) is 6.26 Å². The number of thiocarbonyl (C=S) groups is 1. The number of aryl methyl sites for hydroxylation is 2. The van der Waals surface area contributed by atoms with E-state index in [4.69, 9.17) is 16.6 Å². The van der Waals surface area contributed by atoms with E-state index >= 15 is 0 Å². The van der Waals surface area contributed by atoms with E-state index in [1.165, 1.54) is 0 Å². The van der Waals surface area contributed by atoms with Gasteiger partial charge in [0.2, 0.25) is 0 Å². The zero-order valence-electron chi connectivity index (χ0n) is 18.5. The smallest absolute Gasteiger partial charge is 0.253 e. The number of furan rings is 1. The van der Waals surface area contributed by atoms with Gasteiger partial charge in [0.15, 0.2) is 5.11 Å². The van der Waals surface area contributed by atoms with E-state index in [9.17, 15) is 4.79 Å². The minimum Gasteiger partial charge on any atom is -0.467 e. The number of hydrogen-bond donors (Lipinski definition) is 2. The average Bonchev–Trinajstić information content (AvgIpc) is 3.27. The predicted molar refractivity (Wildman–Crippen MR) is 133 cm³/mol. The Morgan fingerprint density at radius 2 is 1.88 bits per heavy atom. The number of H-pyrrole nitrogens is 1. The van der Waals surface area contributed by atoms with Gasteiger partial charge in [0, 0.05) is 16.5 Å². The van der Waals surface area contributed by atoms with Crippen molar-refractivity contribution in [2.45, 2.75) is 39.9 Å². The van der Waals surface area contributed by atoms with Gasteiger partial charge in [-0.3, -0.25) is 4.79 Å². The molecule has 0 aliphatic carbocycles. The van der Waals surface area contributed by atoms with E-state index in [0.717, 1.165) is 33.4 Å². The van der Waals surface area contributed by atoms with Crippen molar-refractivity contribution < 1.29 is 4.42 Å². The molecule has 2 N–H and O–H groups in total. The maximum absolute atomic E-state index is 12.9. The van der Waals surface area contributed by atoms with Crippen LogP contribution in [0.15, 0.2) is 76.1 Å². The van der Waals surface area contributed by atoms with Gasteiger partial charge in [0.1, 0.15) is 5.76 Å². The summed E-state index contributed by atoms with van der Waals surface area (Å²) < 4.78 is 5.56. The van der Waals surface area contributed by atoms with Crippen LogP contribution in [-0.4, -0.2) is 15.0 Å². The van der Waals surface area contributed by atoms with Crippen LogP contribution in [0.2, 0.25) is 0 Å². The summed E-state index contributed by atoms with van der Waals surface area (Å²) in [5.74, 6) is 0.783. The molecule has 1 atom stereocenters. The quantitative estimate of drug-likeness (QED) is 0.391. The van der Waals surface area contributed by atoms with Crippen molar-refractivity contribution in [3.63, 3.8) is 0 Å². The molecule has 32 heavy (non-hydrogen) atoms. The summed E-state index contributed by atoms with van der Waals surface area (Å²) in [6.07, 6.45) is 1.64. The lowest BCUT2D eigenvalue weighted by Gasteiger charge is -2.27. The second-order valence-corrected chi connectivity index (χ2v) is 8.57. The van der Waals surface area contributed by atoms with Crippen LogP contribution in [0.1, 0.15) is 41.0 Å². The van der Waals surface area contributed by atoms with Gasteiger partial charge in [-0.25, -0.2) is 0 Å². The number of aromatic amines is 1. The van der Waals surface area contributed by atoms with Gasteiger partial charge in [-0.2, -0.15) is 0 Å². The number of pyridine rings is 1. The molecule has 0 aliphatic rings. The second-order valence-electron chi connectivity index (χ2n) is 8.18. The number of nitrogens with one attached hydrogen (secondary N) is 2. The van der Waals surface area contributed by atoms with Gasteiger partial charge in [0.05, 0.1) is 25.4 Å². The summed E-state index contributed by atoms with van der Waals surface area (Å²) >= 11 is 5.77. The van der Waals surface area contributed by atoms with Crippen LogP contribution in [0.25, 0.3) is 10.9 Å². The fraction of sp³-hybridized carbons (Fsp3) is 0.231. The molecule has 0 aliphatic heterocycles. The van der Waals surface area contributed by atoms with Crippen molar-refractivity contribution >= 4 is 28.2 Å². The Morgan fingerprint density at radius 3 is 2.59 bits per heavy atom. The van der Waals surface area contributed by atoms with Crippen molar-refractivity contribution in [2.24, 2.45) is 0 Å². The summed E-state index contributed by atoms with van der Waals surface area (Å²) in [7, 11) is 0. The fourth-order valence-electron chi connectivity index (χ4n) is 3.93. The highest BCUT2D eigenvalue weighted by atomic mass is 32.1. The van der Waals surface area contributed by atoms with Gasteiger partial charge >= 0.3 is 0 Å². The summed E-state index contributed by atoms with van der Waals surface area (Å²) in [4.78, 5) is 17.9. The van der Waals surface area contributed by atoms with Crippen LogP contribution < -0.4 is 10.9 Å². The minimum atomic E-state index is -0.106. The Bertz CT molecular complexity index is 1280. The van der Waals surface area contributed by atoms with Crippen molar-refractivity contribution in [1.29, 1.82) is 0 Å². The molecule has 164 valence electrons. The molecule has 0 saturated heterocycles. The SMILES string of the molecule is Cc1cc(C)c2cc(CN(Cc3ccco3)C(=S)N[C@@H](C)c3ccccc3)c(=O)[nH]c2c1. The molecule has 0 spiro atoms. The van der Waals surface area contributed by atoms with E-state index in [1.807, 2.05) is 54.3 Å². The zero-order valence-corrected chi connectivity index (χ0v) is 19.3. The first-order chi connectivity index (χ1) is 15.4. The van der Waals surface area contributed by atoms with Crippen LogP contribution in [0, 0.1) is 13.8 Å². The van der Waals surface area contributed by atoms with Crippen molar-refractivity contribution in [2.75, 3.05) is 0 Å². The predicted octanol–water partition coefficient (Wildman–Crippen LogP) is 5.38. The third-order valence-corrected chi connectivity index (χ3v) is 5.98. The maximum Gasteiger partial charge on any atom is 0.253 e. The highest BCUT2D eigenvalue weighted by Crippen LogP contribution is 2.20. The Hall–Kier alpha value is -3.38. The Balaban J connectivity index is 1.63. The summed E-state index contributed by atoms with van der Waals surface area (Å²) in [6.45, 7) is 6.99. The summed E-state index contributed by atoms with van der Waals surface area (Å²) in [5, 5.41) is 5.02. The largest absolute Gasteiger partial charge is 0.467 e. The van der Waals surface area contributed by atoms with E-state index in [0.29, 0.717) is 23.8 Å². The van der Waals surface area contributed by atoms with Crippen molar-refractivity contribution in [3.8, 4) is 0 Å². The zero-order chi connectivity index (χ0) is 22.7. The van der Waals surface area contributed by atoms with Crippen LogP contribution in [0.5, 0.6) is 0 Å². The number of hydrogen-bond acceptors (Lipinski definition) is 3. The number of nitrogens with zero attached hydrogens (tertiary/aromatic N) is 1. The first-order valence-corrected chi connectivity index (χ1v) is 11.1. The molecule has 0 bridgehead atoms. The number of rotatable bonds is 6. The Kier molecular flexibility index (Phi) is 6.42. The molecule has 4 rings (SSSR count).